The first-order valence-electron chi connectivity index (χ1n) is 6.72. The summed E-state index contributed by atoms with van der Waals surface area (Å²) in [5, 5.41) is 5.40. The molecule has 0 aromatic heterocycles. The molecule has 0 amide bonds. The van der Waals surface area contributed by atoms with E-state index in [4.69, 9.17) is 10.2 Å². The number of nitrogens with one attached hydrogen (secondary N) is 1. The van der Waals surface area contributed by atoms with Crippen molar-refractivity contribution in [2.24, 2.45) is 0 Å². The van der Waals surface area contributed by atoms with Crippen molar-refractivity contribution in [3.63, 3.8) is 0 Å². The molecule has 0 bridgehead atoms. The number of allylic oxidation sites excluding steroid dienone is 3. The van der Waals surface area contributed by atoms with Crippen molar-refractivity contribution in [2.45, 2.75) is 39.5 Å². The molecule has 1 aliphatic carbocycles. The van der Waals surface area contributed by atoms with Crippen LogP contribution in [0.5, 0.6) is 0 Å². The van der Waals surface area contributed by atoms with E-state index in [0.717, 1.165) is 12.5 Å². The van der Waals surface area contributed by atoms with Crippen molar-refractivity contribution in [2.75, 3.05) is 0 Å². The lowest BCUT2D eigenvalue weighted by atomic mass is 9.90. The smallest absolute Gasteiger partial charge is 0.222 e. The molecule has 2 nitrogen and oxygen atoms in total. The summed E-state index contributed by atoms with van der Waals surface area (Å²) in [6, 6.07) is 6.60. The van der Waals surface area contributed by atoms with Crippen LogP contribution in [0.15, 0.2) is 35.9 Å². The molecular weight excluding hydrogens is 234 g/mol. The molecule has 0 spiro atoms. The third-order valence-electron chi connectivity index (χ3n) is 3.24. The number of unbranched alkanes of at least 4 members (excludes halogenated alkanes) is 2. The van der Waals surface area contributed by atoms with Gasteiger partial charge in [-0.3, -0.25) is 0 Å². The van der Waals surface area contributed by atoms with Gasteiger partial charge >= 0.3 is 0 Å². The molecule has 0 unspecified atom stereocenters. The highest BCUT2D eigenvalue weighted by Crippen LogP contribution is 2.25. The van der Waals surface area contributed by atoms with Gasteiger partial charge in [0.25, 0.3) is 0 Å². The Morgan fingerprint density at radius 3 is 2.79 bits per heavy atom. The minimum absolute atomic E-state index is 0.750. The lowest BCUT2D eigenvalue weighted by Gasteiger charge is -2.15. The second-order valence-electron chi connectivity index (χ2n) is 4.68. The van der Waals surface area contributed by atoms with Gasteiger partial charge in [-0.15, -0.1) is 0 Å². The van der Waals surface area contributed by atoms with Crippen molar-refractivity contribution in [3.8, 4) is 0 Å². The molecule has 0 radical (unpaired) electrons. The van der Waals surface area contributed by atoms with E-state index in [1.54, 1.807) is 0 Å². The number of hydrogen-bond acceptors (Lipinski definition) is 2. The van der Waals surface area contributed by atoms with Crippen LogP contribution in [-0.2, 0) is 11.2 Å². The molecule has 0 saturated heterocycles. The summed E-state index contributed by atoms with van der Waals surface area (Å²) < 4.78 is 0. The minimum atomic E-state index is 0.750. The summed E-state index contributed by atoms with van der Waals surface area (Å²) >= 11 is 0. The number of isocyanates is 1. The monoisotopic (exact) mass is 255 g/mol. The first-order chi connectivity index (χ1) is 9.22. The summed E-state index contributed by atoms with van der Waals surface area (Å²) in [4.78, 5) is 8.35. The zero-order valence-corrected chi connectivity index (χ0v) is 11.7. The third-order valence-corrected chi connectivity index (χ3v) is 3.24. The first-order valence-corrected chi connectivity index (χ1v) is 6.72. The Morgan fingerprint density at radius 1 is 1.37 bits per heavy atom. The lowest BCUT2D eigenvalue weighted by Crippen LogP contribution is -1.99. The number of hydrogen-bond donors (Lipinski definition) is 1. The normalized spacial score (nSPS) is 14.3. The predicted molar refractivity (Wildman–Crippen MR) is 79.9 cm³/mol. The van der Waals surface area contributed by atoms with Crippen molar-refractivity contribution in [3.05, 3.63) is 52.6 Å². The number of benzene rings is 1. The van der Waals surface area contributed by atoms with Gasteiger partial charge in [-0.25, -0.2) is 10.2 Å². The van der Waals surface area contributed by atoms with Crippen LogP contribution in [0.3, 0.4) is 0 Å². The maximum absolute atomic E-state index is 8.35. The number of rotatable bonds is 3. The molecule has 1 aromatic rings. The summed E-state index contributed by atoms with van der Waals surface area (Å²) in [6.07, 6.45) is 12.6. The summed E-state index contributed by atoms with van der Waals surface area (Å²) in [5.41, 5.74) is 5.77. The third kappa shape index (κ3) is 4.69. The summed E-state index contributed by atoms with van der Waals surface area (Å²) in [5.74, 6) is 0. The maximum Gasteiger partial charge on any atom is 0.231 e. The highest BCUT2D eigenvalue weighted by molar-refractivity contribution is 5.64. The fourth-order valence-corrected chi connectivity index (χ4v) is 2.24. The van der Waals surface area contributed by atoms with Crippen molar-refractivity contribution >= 4 is 12.2 Å². The fraction of sp³-hybridized carbons (Fsp3) is 0.353. The highest BCUT2D eigenvalue weighted by Gasteiger charge is 2.08. The first kappa shape index (κ1) is 15.1. The van der Waals surface area contributed by atoms with E-state index in [0.29, 0.717) is 0 Å². The van der Waals surface area contributed by atoms with Gasteiger partial charge in [0.1, 0.15) is 0 Å². The van der Waals surface area contributed by atoms with Crippen LogP contribution in [0, 0.1) is 12.3 Å². The topological polar surface area (TPSA) is 40.9 Å². The minimum Gasteiger partial charge on any atom is -0.222 e. The van der Waals surface area contributed by atoms with Gasteiger partial charge < -0.3 is 0 Å². The van der Waals surface area contributed by atoms with Crippen LogP contribution in [-0.4, -0.2) is 6.08 Å². The van der Waals surface area contributed by atoms with Crippen LogP contribution in [0.1, 0.15) is 42.9 Å². The van der Waals surface area contributed by atoms with E-state index < -0.39 is 0 Å². The van der Waals surface area contributed by atoms with Crippen molar-refractivity contribution in [1.82, 2.24) is 0 Å². The molecule has 0 saturated carbocycles. The maximum atomic E-state index is 8.35. The molecule has 100 valence electrons. The van der Waals surface area contributed by atoms with Gasteiger partial charge in [-0.05, 0) is 42.0 Å². The van der Waals surface area contributed by atoms with E-state index in [1.165, 1.54) is 41.5 Å². The van der Waals surface area contributed by atoms with Crippen LogP contribution in [0.4, 0.5) is 0 Å². The van der Waals surface area contributed by atoms with Gasteiger partial charge in [0.15, 0.2) is 0 Å². The average Bonchev–Trinajstić information content (AvgIpc) is 2.40. The Kier molecular flexibility index (Phi) is 6.56. The SMILES string of the molecule is CCCCC=C1C=Cc2c(C)cccc2C1.N=C=O. The Balaban J connectivity index is 0.000000550. The molecule has 1 aromatic carbocycles. The Bertz CT molecular complexity index is 506. The zero-order chi connectivity index (χ0) is 14.1. The van der Waals surface area contributed by atoms with Crippen molar-refractivity contribution in [1.29, 1.82) is 5.41 Å². The second kappa shape index (κ2) is 8.23. The van der Waals surface area contributed by atoms with Crippen LogP contribution in [0.25, 0.3) is 6.08 Å². The Morgan fingerprint density at radius 2 is 2.11 bits per heavy atom. The van der Waals surface area contributed by atoms with Gasteiger partial charge in [0.05, 0.1) is 0 Å². The molecule has 0 heterocycles. The number of aryl methyl sites for hydroxylation is 1. The van der Waals surface area contributed by atoms with Crippen LogP contribution >= 0.6 is 0 Å². The average molecular weight is 255 g/mol. The van der Waals surface area contributed by atoms with E-state index in [9.17, 15) is 0 Å². The second-order valence-corrected chi connectivity index (χ2v) is 4.68. The standard InChI is InChI=1S/C16H20.CHNO/c1-3-4-5-8-14-10-11-16-13(2)7-6-9-15(16)12-14;2-1-3/h6-11H,3-5,12H2,1-2H3;2H. The highest BCUT2D eigenvalue weighted by atomic mass is 16.1. The fourth-order valence-electron chi connectivity index (χ4n) is 2.24. The molecule has 1 N–H and O–H groups in total. The molecule has 19 heavy (non-hydrogen) atoms. The molecule has 0 atom stereocenters. The van der Waals surface area contributed by atoms with Gasteiger partial charge in [0.2, 0.25) is 6.08 Å². The van der Waals surface area contributed by atoms with E-state index in [1.807, 2.05) is 0 Å². The molecule has 0 aliphatic heterocycles. The summed E-state index contributed by atoms with van der Waals surface area (Å²) in [6.45, 7) is 4.43. The van der Waals surface area contributed by atoms with E-state index >= 15 is 0 Å². The Hall–Kier alpha value is -1.92. The summed E-state index contributed by atoms with van der Waals surface area (Å²) in [7, 11) is 0. The molecule has 2 rings (SSSR count). The number of carbonyl (C=O) groups excluding carboxylic acids is 1. The van der Waals surface area contributed by atoms with Gasteiger partial charge in [-0.2, -0.15) is 0 Å². The molecule has 1 aliphatic rings. The van der Waals surface area contributed by atoms with Crippen LogP contribution < -0.4 is 0 Å². The molecular formula is C17H21NO. The molecule has 2 heteroatoms. The predicted octanol–water partition coefficient (Wildman–Crippen LogP) is 4.58. The van der Waals surface area contributed by atoms with E-state index in [2.05, 4.69) is 50.3 Å². The van der Waals surface area contributed by atoms with Crippen LogP contribution in [0.2, 0.25) is 0 Å². The van der Waals surface area contributed by atoms with Gasteiger partial charge in [-0.1, -0.05) is 56.2 Å². The largest absolute Gasteiger partial charge is 0.231 e. The zero-order valence-electron chi connectivity index (χ0n) is 11.7. The Labute approximate surface area is 115 Å². The lowest BCUT2D eigenvalue weighted by molar-refractivity contribution is 0.563. The van der Waals surface area contributed by atoms with Gasteiger partial charge in [0, 0.05) is 0 Å². The van der Waals surface area contributed by atoms with E-state index in [-0.39, 0.29) is 0 Å². The quantitative estimate of drug-likeness (QED) is 0.479. The van der Waals surface area contributed by atoms with Crippen molar-refractivity contribution < 1.29 is 4.79 Å². The molecule has 0 fully saturated rings. The number of fused-ring (bicyclic) bond motifs is 1.